The largest absolute Gasteiger partial charge is 0.478 e. The van der Waals surface area contributed by atoms with E-state index in [9.17, 15) is 14.9 Å². The second kappa shape index (κ2) is 8.65. The van der Waals surface area contributed by atoms with E-state index in [4.69, 9.17) is 32.7 Å². The van der Waals surface area contributed by atoms with Crippen LogP contribution in [0.25, 0.3) is 17.4 Å². The lowest BCUT2D eigenvalue weighted by atomic mass is 10.2. The lowest BCUT2D eigenvalue weighted by Gasteiger charge is -2.04. The molecule has 0 atom stereocenters. The molecule has 3 rings (SSSR count). The first-order valence-corrected chi connectivity index (χ1v) is 8.95. The van der Waals surface area contributed by atoms with Crippen LogP contribution in [0.15, 0.2) is 64.6 Å². The number of nitrogens with one attached hydrogen (secondary N) is 1. The maximum Gasteiger partial charge on any atom is 0.335 e. The zero-order chi connectivity index (χ0) is 21.0. The van der Waals surface area contributed by atoms with E-state index in [1.807, 2.05) is 6.07 Å². The molecule has 2 aromatic carbocycles. The van der Waals surface area contributed by atoms with Crippen LogP contribution in [0.3, 0.4) is 0 Å². The summed E-state index contributed by atoms with van der Waals surface area (Å²) in [6, 6.07) is 15.7. The van der Waals surface area contributed by atoms with Crippen molar-refractivity contribution in [2.45, 2.75) is 0 Å². The molecule has 0 spiro atoms. The van der Waals surface area contributed by atoms with Crippen LogP contribution >= 0.6 is 23.2 Å². The highest BCUT2D eigenvalue weighted by Crippen LogP contribution is 2.34. The molecule has 144 valence electrons. The molecule has 2 N–H and O–H groups in total. The quantitative estimate of drug-likeness (QED) is 0.414. The van der Waals surface area contributed by atoms with Gasteiger partial charge in [0.1, 0.15) is 23.2 Å². The molecule has 3 aromatic rings. The second-order valence-electron chi connectivity index (χ2n) is 5.81. The number of carbonyl (C=O) groups excluding carboxylic acids is 1. The minimum absolute atomic E-state index is 0.0850. The van der Waals surface area contributed by atoms with Gasteiger partial charge < -0.3 is 14.8 Å². The third kappa shape index (κ3) is 4.66. The zero-order valence-corrected chi connectivity index (χ0v) is 16.2. The van der Waals surface area contributed by atoms with Crippen molar-refractivity contribution in [2.75, 3.05) is 5.32 Å². The molecule has 0 unspecified atom stereocenters. The van der Waals surface area contributed by atoms with Gasteiger partial charge in [-0.05, 0) is 48.5 Å². The number of rotatable bonds is 5. The predicted octanol–water partition coefficient (Wildman–Crippen LogP) is 5.50. The number of benzene rings is 2. The van der Waals surface area contributed by atoms with Crippen molar-refractivity contribution >= 4 is 46.8 Å². The van der Waals surface area contributed by atoms with Crippen molar-refractivity contribution in [3.8, 4) is 17.4 Å². The van der Waals surface area contributed by atoms with Crippen molar-refractivity contribution in [3.63, 3.8) is 0 Å². The van der Waals surface area contributed by atoms with Crippen molar-refractivity contribution < 1.29 is 19.1 Å². The topological polar surface area (TPSA) is 103 Å². The molecule has 1 amide bonds. The number of nitriles is 1. The molecule has 29 heavy (non-hydrogen) atoms. The number of carboxylic acids is 1. The van der Waals surface area contributed by atoms with Crippen molar-refractivity contribution in [3.05, 3.63) is 81.5 Å². The smallest absolute Gasteiger partial charge is 0.335 e. The standard InChI is InChI=1S/C21H12Cl2N2O4/c22-17-3-1-2-16(19(17)23)18-9-8-15(29-18)10-13(11-24)20(26)25-14-6-4-12(5-7-14)21(27)28/h1-10H,(H,25,26)(H,27,28)/b13-10+. The van der Waals surface area contributed by atoms with E-state index in [2.05, 4.69) is 5.32 Å². The first-order valence-electron chi connectivity index (χ1n) is 8.20. The fraction of sp³-hybridized carbons (Fsp3) is 0. The van der Waals surface area contributed by atoms with Crippen LogP contribution in [-0.4, -0.2) is 17.0 Å². The Kier molecular flexibility index (Phi) is 6.03. The monoisotopic (exact) mass is 426 g/mol. The van der Waals surface area contributed by atoms with Crippen LogP contribution in [-0.2, 0) is 4.79 Å². The lowest BCUT2D eigenvalue weighted by Crippen LogP contribution is -2.13. The number of halogens is 2. The molecule has 0 aliphatic rings. The summed E-state index contributed by atoms with van der Waals surface area (Å²) in [5, 5.41) is 21.5. The van der Waals surface area contributed by atoms with Crippen LogP contribution < -0.4 is 5.32 Å². The van der Waals surface area contributed by atoms with Gasteiger partial charge in [0.25, 0.3) is 5.91 Å². The van der Waals surface area contributed by atoms with E-state index in [0.717, 1.165) is 0 Å². The summed E-state index contributed by atoms with van der Waals surface area (Å²) in [4.78, 5) is 23.2. The van der Waals surface area contributed by atoms with Gasteiger partial charge in [-0.1, -0.05) is 29.3 Å². The fourth-order valence-corrected chi connectivity index (χ4v) is 2.85. The number of aromatic carboxylic acids is 1. The van der Waals surface area contributed by atoms with Crippen molar-refractivity contribution in [1.29, 1.82) is 5.26 Å². The van der Waals surface area contributed by atoms with Crippen molar-refractivity contribution in [2.24, 2.45) is 0 Å². The number of furan rings is 1. The van der Waals surface area contributed by atoms with Crippen LogP contribution in [0.1, 0.15) is 16.1 Å². The summed E-state index contributed by atoms with van der Waals surface area (Å²) >= 11 is 12.2. The molecule has 0 aliphatic carbocycles. The fourth-order valence-electron chi connectivity index (χ4n) is 2.45. The second-order valence-corrected chi connectivity index (χ2v) is 6.60. The van der Waals surface area contributed by atoms with E-state index >= 15 is 0 Å². The van der Waals surface area contributed by atoms with E-state index in [1.54, 1.807) is 30.3 Å². The van der Waals surface area contributed by atoms with E-state index in [-0.39, 0.29) is 16.9 Å². The van der Waals surface area contributed by atoms with Crippen LogP contribution in [0, 0.1) is 11.3 Å². The van der Waals surface area contributed by atoms with Gasteiger partial charge in [-0.25, -0.2) is 4.79 Å². The van der Waals surface area contributed by atoms with Gasteiger partial charge in [0.15, 0.2) is 0 Å². The maximum absolute atomic E-state index is 12.3. The molecular formula is C21H12Cl2N2O4. The Morgan fingerprint density at radius 2 is 1.79 bits per heavy atom. The zero-order valence-electron chi connectivity index (χ0n) is 14.6. The van der Waals surface area contributed by atoms with E-state index < -0.39 is 11.9 Å². The van der Waals surface area contributed by atoms with Gasteiger partial charge in [0, 0.05) is 17.3 Å². The lowest BCUT2D eigenvalue weighted by molar-refractivity contribution is -0.112. The minimum atomic E-state index is -1.08. The summed E-state index contributed by atoms with van der Waals surface area (Å²) in [5.41, 5.74) is 0.833. The third-order valence-corrected chi connectivity index (χ3v) is 4.70. The molecule has 6 nitrogen and oxygen atoms in total. The summed E-state index contributed by atoms with van der Waals surface area (Å²) in [5.74, 6) is -1.02. The summed E-state index contributed by atoms with van der Waals surface area (Å²) in [7, 11) is 0. The molecule has 0 bridgehead atoms. The molecule has 0 fully saturated rings. The number of hydrogen-bond donors (Lipinski definition) is 2. The van der Waals surface area contributed by atoms with E-state index in [1.165, 1.54) is 30.3 Å². The first-order chi connectivity index (χ1) is 13.9. The summed E-state index contributed by atoms with van der Waals surface area (Å²) < 4.78 is 5.66. The number of carbonyl (C=O) groups is 2. The Bertz CT molecular complexity index is 1160. The normalized spacial score (nSPS) is 11.0. The Morgan fingerprint density at radius 1 is 1.07 bits per heavy atom. The highest BCUT2D eigenvalue weighted by atomic mass is 35.5. The SMILES string of the molecule is N#C/C(=C\c1ccc(-c2cccc(Cl)c2Cl)o1)C(=O)Nc1ccc(C(=O)O)cc1. The Labute approximate surface area is 175 Å². The van der Waals surface area contributed by atoms with Crippen LogP contribution in [0.5, 0.6) is 0 Å². The number of carboxylic acid groups (broad SMARTS) is 1. The summed E-state index contributed by atoms with van der Waals surface area (Å²) in [6.07, 6.45) is 1.29. The molecule has 1 heterocycles. The Hall–Kier alpha value is -3.53. The molecule has 0 saturated carbocycles. The Morgan fingerprint density at radius 3 is 2.45 bits per heavy atom. The van der Waals surface area contributed by atoms with Gasteiger partial charge in [0.05, 0.1) is 15.6 Å². The average Bonchev–Trinajstić information content (AvgIpc) is 3.17. The number of anilines is 1. The van der Waals surface area contributed by atoms with Crippen LogP contribution in [0.2, 0.25) is 10.0 Å². The Balaban J connectivity index is 1.80. The molecule has 0 saturated heterocycles. The maximum atomic E-state index is 12.3. The number of amides is 1. The summed E-state index contributed by atoms with van der Waals surface area (Å²) in [6.45, 7) is 0. The molecule has 0 aliphatic heterocycles. The van der Waals surface area contributed by atoms with Gasteiger partial charge in [-0.2, -0.15) is 5.26 Å². The highest BCUT2D eigenvalue weighted by Gasteiger charge is 2.14. The molecule has 0 radical (unpaired) electrons. The molecule has 8 heteroatoms. The van der Waals surface area contributed by atoms with Crippen LogP contribution in [0.4, 0.5) is 5.69 Å². The average molecular weight is 427 g/mol. The number of nitrogens with zero attached hydrogens (tertiary/aromatic N) is 1. The first kappa shape index (κ1) is 20.2. The van der Waals surface area contributed by atoms with Gasteiger partial charge >= 0.3 is 5.97 Å². The van der Waals surface area contributed by atoms with Gasteiger partial charge in [-0.15, -0.1) is 0 Å². The van der Waals surface area contributed by atoms with Gasteiger partial charge in [-0.3, -0.25) is 4.79 Å². The van der Waals surface area contributed by atoms with E-state index in [0.29, 0.717) is 27.1 Å². The van der Waals surface area contributed by atoms with Crippen molar-refractivity contribution in [1.82, 2.24) is 0 Å². The minimum Gasteiger partial charge on any atom is -0.478 e. The molecular weight excluding hydrogens is 415 g/mol. The predicted molar refractivity (Wildman–Crippen MR) is 110 cm³/mol. The van der Waals surface area contributed by atoms with Gasteiger partial charge in [0.2, 0.25) is 0 Å². The molecule has 1 aromatic heterocycles. The highest BCUT2D eigenvalue weighted by molar-refractivity contribution is 6.43. The number of hydrogen-bond acceptors (Lipinski definition) is 4. The third-order valence-electron chi connectivity index (χ3n) is 3.89.